The standard InChI is InChI=1S/C17H17N3/c1-11-7-12(2)17(20-8-11)16(18)15-10-19-9-13-5-3-4-6-14(13)15/h3-10,16H,18H2,1-2H3. The van der Waals surface area contributed by atoms with Crippen molar-refractivity contribution in [2.45, 2.75) is 19.9 Å². The van der Waals surface area contributed by atoms with E-state index in [0.717, 1.165) is 33.2 Å². The lowest BCUT2D eigenvalue weighted by Crippen LogP contribution is -2.16. The molecule has 2 N–H and O–H groups in total. The molecule has 2 aromatic heterocycles. The highest BCUT2D eigenvalue weighted by molar-refractivity contribution is 5.85. The molecule has 0 amide bonds. The van der Waals surface area contributed by atoms with Crippen LogP contribution in [0.25, 0.3) is 10.8 Å². The van der Waals surface area contributed by atoms with Crippen LogP contribution in [0.1, 0.15) is 28.4 Å². The normalized spacial score (nSPS) is 12.6. The average molecular weight is 263 g/mol. The van der Waals surface area contributed by atoms with Crippen LogP contribution in [-0.2, 0) is 0 Å². The summed E-state index contributed by atoms with van der Waals surface area (Å²) in [5.74, 6) is 0. The van der Waals surface area contributed by atoms with Gasteiger partial charge in [0, 0.05) is 29.5 Å². The first-order valence-electron chi connectivity index (χ1n) is 6.68. The van der Waals surface area contributed by atoms with Crippen LogP contribution < -0.4 is 5.73 Å². The van der Waals surface area contributed by atoms with E-state index in [0.29, 0.717) is 0 Å². The molecule has 0 aliphatic rings. The second-order valence-corrected chi connectivity index (χ2v) is 5.14. The molecule has 20 heavy (non-hydrogen) atoms. The van der Waals surface area contributed by atoms with Crippen molar-refractivity contribution >= 4 is 10.8 Å². The molecule has 3 aromatic rings. The van der Waals surface area contributed by atoms with Gasteiger partial charge in [-0.15, -0.1) is 0 Å². The third-order valence-electron chi connectivity index (χ3n) is 3.58. The molecule has 100 valence electrons. The highest BCUT2D eigenvalue weighted by Gasteiger charge is 2.15. The van der Waals surface area contributed by atoms with E-state index in [4.69, 9.17) is 5.73 Å². The Morgan fingerprint density at radius 3 is 2.65 bits per heavy atom. The fourth-order valence-corrected chi connectivity index (χ4v) is 2.59. The van der Waals surface area contributed by atoms with Gasteiger partial charge in [0.2, 0.25) is 0 Å². The van der Waals surface area contributed by atoms with E-state index < -0.39 is 0 Å². The van der Waals surface area contributed by atoms with Crippen LogP contribution in [0, 0.1) is 13.8 Å². The summed E-state index contributed by atoms with van der Waals surface area (Å²) in [7, 11) is 0. The molecule has 3 rings (SSSR count). The second-order valence-electron chi connectivity index (χ2n) is 5.14. The fraction of sp³-hybridized carbons (Fsp3) is 0.176. The van der Waals surface area contributed by atoms with Gasteiger partial charge in [-0.25, -0.2) is 0 Å². The number of nitrogens with two attached hydrogens (primary N) is 1. The first-order chi connectivity index (χ1) is 9.66. The zero-order valence-corrected chi connectivity index (χ0v) is 11.7. The Morgan fingerprint density at radius 2 is 1.85 bits per heavy atom. The average Bonchev–Trinajstić information content (AvgIpc) is 2.46. The second kappa shape index (κ2) is 5.02. The summed E-state index contributed by atoms with van der Waals surface area (Å²) in [5.41, 5.74) is 10.6. The van der Waals surface area contributed by atoms with Gasteiger partial charge in [0.25, 0.3) is 0 Å². The van der Waals surface area contributed by atoms with Crippen molar-refractivity contribution in [3.05, 3.63) is 71.3 Å². The highest BCUT2D eigenvalue weighted by atomic mass is 14.8. The van der Waals surface area contributed by atoms with Gasteiger partial charge < -0.3 is 5.73 Å². The third-order valence-corrected chi connectivity index (χ3v) is 3.58. The number of benzene rings is 1. The molecule has 0 bridgehead atoms. The smallest absolute Gasteiger partial charge is 0.0750 e. The van der Waals surface area contributed by atoms with Gasteiger partial charge in [-0.05, 0) is 30.4 Å². The summed E-state index contributed by atoms with van der Waals surface area (Å²) in [6.07, 6.45) is 5.57. The topological polar surface area (TPSA) is 51.8 Å². The zero-order valence-electron chi connectivity index (χ0n) is 11.7. The number of aryl methyl sites for hydroxylation is 2. The van der Waals surface area contributed by atoms with Crippen molar-refractivity contribution in [3.8, 4) is 0 Å². The van der Waals surface area contributed by atoms with Gasteiger partial charge in [0.15, 0.2) is 0 Å². The number of fused-ring (bicyclic) bond motifs is 1. The minimum Gasteiger partial charge on any atom is -0.319 e. The van der Waals surface area contributed by atoms with Gasteiger partial charge in [-0.2, -0.15) is 0 Å². The lowest BCUT2D eigenvalue weighted by molar-refractivity contribution is 0.818. The van der Waals surface area contributed by atoms with E-state index in [2.05, 4.69) is 22.1 Å². The molecule has 3 nitrogen and oxygen atoms in total. The van der Waals surface area contributed by atoms with E-state index >= 15 is 0 Å². The summed E-state index contributed by atoms with van der Waals surface area (Å²) in [6.45, 7) is 4.09. The molecule has 1 atom stereocenters. The monoisotopic (exact) mass is 263 g/mol. The molecule has 2 heterocycles. The van der Waals surface area contributed by atoms with Gasteiger partial charge in [0.1, 0.15) is 0 Å². The Kier molecular flexibility index (Phi) is 3.20. The summed E-state index contributed by atoms with van der Waals surface area (Å²) in [4.78, 5) is 8.81. The van der Waals surface area contributed by atoms with Gasteiger partial charge in [-0.1, -0.05) is 30.3 Å². The highest BCUT2D eigenvalue weighted by Crippen LogP contribution is 2.27. The van der Waals surface area contributed by atoms with Crippen LogP contribution in [0.4, 0.5) is 0 Å². The maximum absolute atomic E-state index is 6.43. The van der Waals surface area contributed by atoms with Crippen LogP contribution in [0.15, 0.2) is 48.9 Å². The molecule has 0 aliphatic heterocycles. The number of hydrogen-bond acceptors (Lipinski definition) is 3. The van der Waals surface area contributed by atoms with E-state index in [9.17, 15) is 0 Å². The van der Waals surface area contributed by atoms with Crippen LogP contribution in [0.3, 0.4) is 0 Å². The van der Waals surface area contributed by atoms with E-state index in [1.54, 1.807) is 0 Å². The molecule has 0 radical (unpaired) electrons. The summed E-state index contributed by atoms with van der Waals surface area (Å²) < 4.78 is 0. The number of nitrogens with zero attached hydrogens (tertiary/aromatic N) is 2. The minimum atomic E-state index is -0.255. The summed E-state index contributed by atoms with van der Waals surface area (Å²) in [6, 6.07) is 10.0. The van der Waals surface area contributed by atoms with Crippen molar-refractivity contribution in [3.63, 3.8) is 0 Å². The van der Waals surface area contributed by atoms with Crippen LogP contribution in [0.5, 0.6) is 0 Å². The van der Waals surface area contributed by atoms with Gasteiger partial charge >= 0.3 is 0 Å². The van der Waals surface area contributed by atoms with Crippen molar-refractivity contribution in [2.75, 3.05) is 0 Å². The Morgan fingerprint density at radius 1 is 1.05 bits per heavy atom. The quantitative estimate of drug-likeness (QED) is 0.771. The number of rotatable bonds is 2. The largest absolute Gasteiger partial charge is 0.319 e. The van der Waals surface area contributed by atoms with Crippen molar-refractivity contribution in [1.29, 1.82) is 0 Å². The Bertz CT molecular complexity index is 760. The van der Waals surface area contributed by atoms with Crippen LogP contribution >= 0.6 is 0 Å². The SMILES string of the molecule is Cc1cnc(C(N)c2cncc3ccccc23)c(C)c1. The van der Waals surface area contributed by atoms with Crippen molar-refractivity contribution in [2.24, 2.45) is 5.73 Å². The van der Waals surface area contributed by atoms with E-state index in [1.807, 2.05) is 50.6 Å². The minimum absolute atomic E-state index is 0.255. The molecule has 0 aliphatic carbocycles. The number of pyridine rings is 2. The Hall–Kier alpha value is -2.26. The maximum Gasteiger partial charge on any atom is 0.0750 e. The van der Waals surface area contributed by atoms with E-state index in [-0.39, 0.29) is 6.04 Å². The third kappa shape index (κ3) is 2.17. The molecule has 0 saturated carbocycles. The fourth-order valence-electron chi connectivity index (χ4n) is 2.59. The molecular weight excluding hydrogens is 246 g/mol. The Labute approximate surface area is 118 Å². The van der Waals surface area contributed by atoms with Crippen LogP contribution in [0.2, 0.25) is 0 Å². The summed E-state index contributed by atoms with van der Waals surface area (Å²) >= 11 is 0. The van der Waals surface area contributed by atoms with E-state index in [1.165, 1.54) is 0 Å². The predicted octanol–water partition coefficient (Wildman–Crippen LogP) is 3.29. The lowest BCUT2D eigenvalue weighted by atomic mass is 9.97. The summed E-state index contributed by atoms with van der Waals surface area (Å²) in [5, 5.41) is 2.24. The lowest BCUT2D eigenvalue weighted by Gasteiger charge is -2.16. The number of aromatic nitrogens is 2. The Balaban J connectivity index is 2.15. The molecule has 1 unspecified atom stereocenters. The van der Waals surface area contributed by atoms with Crippen molar-refractivity contribution in [1.82, 2.24) is 9.97 Å². The zero-order chi connectivity index (χ0) is 14.1. The molecular formula is C17H17N3. The number of hydrogen-bond donors (Lipinski definition) is 1. The first kappa shape index (κ1) is 12.8. The molecule has 0 saturated heterocycles. The van der Waals surface area contributed by atoms with Gasteiger partial charge in [-0.3, -0.25) is 9.97 Å². The molecule has 0 spiro atoms. The maximum atomic E-state index is 6.43. The predicted molar refractivity (Wildman–Crippen MR) is 81.5 cm³/mol. The molecule has 3 heteroatoms. The van der Waals surface area contributed by atoms with Gasteiger partial charge in [0.05, 0.1) is 11.7 Å². The first-order valence-corrected chi connectivity index (χ1v) is 6.68. The van der Waals surface area contributed by atoms with Crippen molar-refractivity contribution < 1.29 is 0 Å². The molecule has 0 fully saturated rings. The molecule has 1 aromatic carbocycles. The van der Waals surface area contributed by atoms with Crippen LogP contribution in [-0.4, -0.2) is 9.97 Å².